The lowest BCUT2D eigenvalue weighted by Gasteiger charge is -2.08. The van der Waals surface area contributed by atoms with Crippen molar-refractivity contribution in [1.29, 1.82) is 0 Å². The molecule has 1 aromatic rings. The van der Waals surface area contributed by atoms with Crippen LogP contribution in [0.2, 0.25) is 0 Å². The summed E-state index contributed by atoms with van der Waals surface area (Å²) in [5, 5.41) is 10.7. The van der Waals surface area contributed by atoms with E-state index in [4.69, 9.17) is 9.47 Å². The maximum absolute atomic E-state index is 10.7. The number of aldehydes is 1. The third-order valence-corrected chi connectivity index (χ3v) is 1.97. The van der Waals surface area contributed by atoms with Crippen molar-refractivity contribution in [3.8, 4) is 11.5 Å². The van der Waals surface area contributed by atoms with E-state index in [1.807, 2.05) is 0 Å². The highest BCUT2D eigenvalue weighted by Gasteiger charge is 2.18. The number of carbonyl (C=O) groups excluding carboxylic acids is 1. The van der Waals surface area contributed by atoms with Crippen molar-refractivity contribution in [1.82, 2.24) is 0 Å². The Labute approximate surface area is 97.6 Å². The van der Waals surface area contributed by atoms with Crippen LogP contribution in [0.1, 0.15) is 17.3 Å². The van der Waals surface area contributed by atoms with E-state index in [2.05, 4.69) is 0 Å². The van der Waals surface area contributed by atoms with Crippen LogP contribution < -0.4 is 9.47 Å². The Morgan fingerprint density at radius 1 is 1.35 bits per heavy atom. The molecule has 0 heterocycles. The maximum Gasteiger partial charge on any atom is 0.283 e. The zero-order valence-corrected chi connectivity index (χ0v) is 9.38. The monoisotopic (exact) mass is 237 g/mol. The quantitative estimate of drug-likeness (QED) is 0.340. The molecule has 17 heavy (non-hydrogen) atoms. The predicted molar refractivity (Wildman–Crippen MR) is 60.5 cm³/mol. The summed E-state index contributed by atoms with van der Waals surface area (Å²) in [4.78, 5) is 20.8. The number of benzene rings is 1. The van der Waals surface area contributed by atoms with E-state index in [0.29, 0.717) is 6.29 Å². The molecular weight excluding hydrogens is 226 g/mol. The van der Waals surface area contributed by atoms with Gasteiger partial charge >= 0.3 is 0 Å². The van der Waals surface area contributed by atoms with Crippen molar-refractivity contribution in [2.75, 3.05) is 7.11 Å². The Bertz CT molecular complexity index is 467. The van der Waals surface area contributed by atoms with Crippen molar-refractivity contribution >= 4 is 12.0 Å². The highest BCUT2D eigenvalue weighted by molar-refractivity contribution is 5.83. The number of rotatable bonds is 5. The first-order valence-corrected chi connectivity index (χ1v) is 4.73. The van der Waals surface area contributed by atoms with Crippen LogP contribution in [0.3, 0.4) is 0 Å². The predicted octanol–water partition coefficient (Wildman–Crippen LogP) is 2.33. The minimum atomic E-state index is -0.647. The van der Waals surface area contributed by atoms with Gasteiger partial charge in [0.2, 0.25) is 0 Å². The van der Waals surface area contributed by atoms with Crippen LogP contribution in [-0.2, 0) is 0 Å². The minimum Gasteiger partial charge on any atom is -0.493 e. The summed E-state index contributed by atoms with van der Waals surface area (Å²) in [7, 11) is 1.39. The van der Waals surface area contributed by atoms with Crippen LogP contribution in [0.15, 0.2) is 24.5 Å². The van der Waals surface area contributed by atoms with E-state index in [1.165, 1.54) is 19.4 Å². The Kier molecular flexibility index (Phi) is 4.21. The fourth-order valence-electron chi connectivity index (χ4n) is 1.21. The lowest BCUT2D eigenvalue weighted by atomic mass is 10.1. The number of methoxy groups -OCH3 is 1. The third-order valence-electron chi connectivity index (χ3n) is 1.97. The second kappa shape index (κ2) is 5.64. The van der Waals surface area contributed by atoms with E-state index in [-0.39, 0.29) is 22.7 Å². The molecule has 0 atom stereocenters. The van der Waals surface area contributed by atoms with Crippen LogP contribution in [0.4, 0.5) is 5.69 Å². The first kappa shape index (κ1) is 12.7. The standard InChI is InChI=1S/C11H11NO5/c1-3-4-17-11-6-9(12(14)15)8(7-13)5-10(11)16-2/h3-7H,1-2H3. The zero-order valence-electron chi connectivity index (χ0n) is 9.38. The van der Waals surface area contributed by atoms with Gasteiger partial charge in [0, 0.05) is 6.07 Å². The molecule has 0 aliphatic rings. The highest BCUT2D eigenvalue weighted by atomic mass is 16.6. The molecule has 0 bridgehead atoms. The fourth-order valence-corrected chi connectivity index (χ4v) is 1.21. The summed E-state index contributed by atoms with van der Waals surface area (Å²) in [6.07, 6.45) is 3.39. The number of ether oxygens (including phenoxy) is 2. The topological polar surface area (TPSA) is 78.7 Å². The summed E-state index contributed by atoms with van der Waals surface area (Å²) in [5.74, 6) is 0.443. The summed E-state index contributed by atoms with van der Waals surface area (Å²) >= 11 is 0. The zero-order chi connectivity index (χ0) is 12.8. The molecule has 6 heteroatoms. The van der Waals surface area contributed by atoms with Gasteiger partial charge in [-0.25, -0.2) is 0 Å². The maximum atomic E-state index is 10.7. The van der Waals surface area contributed by atoms with Crippen LogP contribution >= 0.6 is 0 Å². The van der Waals surface area contributed by atoms with Crippen molar-refractivity contribution in [2.24, 2.45) is 0 Å². The first-order valence-electron chi connectivity index (χ1n) is 4.73. The number of nitro groups is 1. The van der Waals surface area contributed by atoms with Gasteiger partial charge in [-0.1, -0.05) is 6.08 Å². The molecule has 6 nitrogen and oxygen atoms in total. The molecule has 0 unspecified atom stereocenters. The van der Waals surface area contributed by atoms with Gasteiger partial charge in [0.1, 0.15) is 0 Å². The van der Waals surface area contributed by atoms with Gasteiger partial charge in [-0.3, -0.25) is 14.9 Å². The number of allylic oxidation sites excluding steroid dienone is 1. The number of hydrogen-bond donors (Lipinski definition) is 0. The van der Waals surface area contributed by atoms with Crippen molar-refractivity contribution in [2.45, 2.75) is 6.92 Å². The Morgan fingerprint density at radius 2 is 2.06 bits per heavy atom. The third kappa shape index (κ3) is 2.81. The van der Waals surface area contributed by atoms with Crippen LogP contribution in [0.25, 0.3) is 0 Å². The smallest absolute Gasteiger partial charge is 0.283 e. The molecule has 0 amide bonds. The molecule has 1 aromatic carbocycles. The van der Waals surface area contributed by atoms with Crippen LogP contribution in [-0.4, -0.2) is 18.3 Å². The van der Waals surface area contributed by atoms with Crippen molar-refractivity contribution in [3.63, 3.8) is 0 Å². The molecule has 1 rings (SSSR count). The van der Waals surface area contributed by atoms with Gasteiger partial charge in [-0.05, 0) is 6.92 Å². The molecule has 90 valence electrons. The molecule has 0 aliphatic heterocycles. The van der Waals surface area contributed by atoms with Crippen molar-refractivity contribution in [3.05, 3.63) is 40.1 Å². The normalized spacial score (nSPS) is 10.2. The van der Waals surface area contributed by atoms with E-state index in [1.54, 1.807) is 13.0 Å². The van der Waals surface area contributed by atoms with Gasteiger partial charge in [-0.2, -0.15) is 0 Å². The van der Waals surface area contributed by atoms with E-state index < -0.39 is 4.92 Å². The first-order chi connectivity index (χ1) is 8.13. The Balaban J connectivity index is 3.33. The molecular formula is C11H11NO5. The number of hydrogen-bond acceptors (Lipinski definition) is 5. The lowest BCUT2D eigenvalue weighted by Crippen LogP contribution is -1.98. The summed E-state index contributed by atoms with van der Waals surface area (Å²) < 4.78 is 10.1. The summed E-state index contributed by atoms with van der Waals surface area (Å²) in [6.45, 7) is 1.74. The van der Waals surface area contributed by atoms with Gasteiger partial charge < -0.3 is 9.47 Å². The van der Waals surface area contributed by atoms with Gasteiger partial charge in [0.25, 0.3) is 5.69 Å². The van der Waals surface area contributed by atoms with Gasteiger partial charge in [0.05, 0.1) is 29.9 Å². The minimum absolute atomic E-state index is 0.0559. The average molecular weight is 237 g/mol. The molecule has 0 aliphatic carbocycles. The molecule has 0 saturated carbocycles. The van der Waals surface area contributed by atoms with Gasteiger partial charge in [-0.15, -0.1) is 0 Å². The van der Waals surface area contributed by atoms with E-state index in [0.717, 1.165) is 6.07 Å². The average Bonchev–Trinajstić information content (AvgIpc) is 2.34. The molecule has 0 radical (unpaired) electrons. The largest absolute Gasteiger partial charge is 0.493 e. The summed E-state index contributed by atoms with van der Waals surface area (Å²) in [5.41, 5.74) is -0.375. The van der Waals surface area contributed by atoms with Crippen LogP contribution in [0.5, 0.6) is 11.5 Å². The SMILES string of the molecule is CC=COc1cc([N+](=O)[O-])c(C=O)cc1OC. The molecule has 0 spiro atoms. The van der Waals surface area contributed by atoms with E-state index >= 15 is 0 Å². The Morgan fingerprint density at radius 3 is 2.53 bits per heavy atom. The molecule has 0 N–H and O–H groups in total. The molecule has 0 aromatic heterocycles. The van der Waals surface area contributed by atoms with Crippen LogP contribution in [0, 0.1) is 10.1 Å². The van der Waals surface area contributed by atoms with Crippen molar-refractivity contribution < 1.29 is 19.2 Å². The highest BCUT2D eigenvalue weighted by Crippen LogP contribution is 2.34. The van der Waals surface area contributed by atoms with Gasteiger partial charge in [0.15, 0.2) is 17.8 Å². The molecule has 0 saturated heterocycles. The second-order valence-corrected chi connectivity index (χ2v) is 3.02. The number of carbonyl (C=O) groups is 1. The fraction of sp³-hybridized carbons (Fsp3) is 0.182. The molecule has 0 fully saturated rings. The van der Waals surface area contributed by atoms with E-state index in [9.17, 15) is 14.9 Å². The second-order valence-electron chi connectivity index (χ2n) is 3.02. The lowest BCUT2D eigenvalue weighted by molar-refractivity contribution is -0.385. The summed E-state index contributed by atoms with van der Waals surface area (Å²) in [6, 6.07) is 2.42. The number of nitrogens with zero attached hydrogens (tertiary/aromatic N) is 1. The number of nitro benzene ring substituents is 1. The Hall–Kier alpha value is -2.37.